The molecule has 1 aromatic rings. The molecule has 1 fully saturated rings. The lowest BCUT2D eigenvalue weighted by Crippen LogP contribution is -2.41. The quantitative estimate of drug-likeness (QED) is 0.827. The molecule has 0 radical (unpaired) electrons. The van der Waals surface area contributed by atoms with Crippen LogP contribution in [0.4, 0.5) is 0 Å². The average Bonchev–Trinajstić information content (AvgIpc) is 2.54. The monoisotopic (exact) mass is 334 g/mol. The highest BCUT2D eigenvalue weighted by Crippen LogP contribution is 2.06. The van der Waals surface area contributed by atoms with Gasteiger partial charge >= 0.3 is 0 Å². The number of carbonyl (C=O) groups is 2. The summed E-state index contributed by atoms with van der Waals surface area (Å²) in [7, 11) is 0. The molecule has 0 aliphatic carbocycles. The van der Waals surface area contributed by atoms with Crippen LogP contribution in [0.3, 0.4) is 0 Å². The number of amides is 2. The van der Waals surface area contributed by atoms with Crippen LogP contribution in [0.15, 0.2) is 18.5 Å². The van der Waals surface area contributed by atoms with Gasteiger partial charge in [-0.25, -0.2) is 0 Å². The Labute approximate surface area is 142 Å². The molecule has 0 bridgehead atoms. The maximum Gasteiger partial charge on any atom is 0.253 e. The third-order valence-electron chi connectivity index (χ3n) is 3.57. The van der Waals surface area contributed by atoms with Crippen molar-refractivity contribution in [1.29, 1.82) is 0 Å². The molecule has 132 valence electrons. The number of aromatic nitrogens is 1. The smallest absolute Gasteiger partial charge is 0.253 e. The van der Waals surface area contributed by atoms with E-state index in [1.807, 2.05) is 20.8 Å². The summed E-state index contributed by atoms with van der Waals surface area (Å²) in [6, 6.07) is 1.57. The van der Waals surface area contributed by atoms with E-state index in [1.54, 1.807) is 6.07 Å². The SMILES string of the molecule is CC(C)(C)NC(=O)c1cncc(C(=O)NCCN2CCOCC2)c1. The molecule has 7 nitrogen and oxygen atoms in total. The predicted octanol–water partition coefficient (Wildman–Crippen LogP) is 0.672. The van der Waals surface area contributed by atoms with E-state index in [2.05, 4.69) is 20.5 Å². The molecule has 2 N–H and O–H groups in total. The summed E-state index contributed by atoms with van der Waals surface area (Å²) in [4.78, 5) is 30.6. The largest absolute Gasteiger partial charge is 0.379 e. The topological polar surface area (TPSA) is 83.6 Å². The third kappa shape index (κ3) is 5.90. The van der Waals surface area contributed by atoms with Crippen molar-refractivity contribution in [3.05, 3.63) is 29.6 Å². The van der Waals surface area contributed by atoms with Crippen LogP contribution < -0.4 is 10.6 Å². The minimum absolute atomic E-state index is 0.221. The molecule has 7 heteroatoms. The van der Waals surface area contributed by atoms with Gasteiger partial charge in [0.05, 0.1) is 24.3 Å². The molecule has 1 aliphatic heterocycles. The molecule has 0 spiro atoms. The second-order valence-electron chi connectivity index (χ2n) is 6.88. The Kier molecular flexibility index (Phi) is 6.28. The van der Waals surface area contributed by atoms with Gasteiger partial charge < -0.3 is 15.4 Å². The summed E-state index contributed by atoms with van der Waals surface area (Å²) in [5, 5.41) is 5.73. The van der Waals surface area contributed by atoms with E-state index in [4.69, 9.17) is 4.74 Å². The highest BCUT2D eigenvalue weighted by molar-refractivity contribution is 5.99. The maximum absolute atomic E-state index is 12.2. The van der Waals surface area contributed by atoms with Gasteiger partial charge in [0.15, 0.2) is 0 Å². The standard InChI is InChI=1S/C17H26N4O3/c1-17(2,3)20-16(23)14-10-13(11-18-12-14)15(22)19-4-5-21-6-8-24-9-7-21/h10-12H,4-9H2,1-3H3,(H,19,22)(H,20,23). The van der Waals surface area contributed by atoms with Crippen LogP contribution in [-0.4, -0.2) is 66.6 Å². The fourth-order valence-electron chi connectivity index (χ4n) is 2.36. The first-order chi connectivity index (χ1) is 11.3. The zero-order chi connectivity index (χ0) is 17.6. The lowest BCUT2D eigenvalue weighted by atomic mass is 10.1. The lowest BCUT2D eigenvalue weighted by molar-refractivity contribution is 0.0383. The number of hydrogen-bond donors (Lipinski definition) is 2. The predicted molar refractivity (Wildman–Crippen MR) is 91.0 cm³/mol. The zero-order valence-electron chi connectivity index (χ0n) is 14.6. The Morgan fingerprint density at radius 2 is 1.79 bits per heavy atom. The average molecular weight is 334 g/mol. The normalized spacial score (nSPS) is 15.8. The van der Waals surface area contributed by atoms with E-state index < -0.39 is 0 Å². The highest BCUT2D eigenvalue weighted by Gasteiger charge is 2.17. The Morgan fingerprint density at radius 3 is 2.42 bits per heavy atom. The number of carbonyl (C=O) groups excluding carboxylic acids is 2. The summed E-state index contributed by atoms with van der Waals surface area (Å²) in [6.07, 6.45) is 2.93. The van der Waals surface area contributed by atoms with Crippen molar-refractivity contribution in [3.63, 3.8) is 0 Å². The highest BCUT2D eigenvalue weighted by atomic mass is 16.5. The lowest BCUT2D eigenvalue weighted by Gasteiger charge is -2.26. The van der Waals surface area contributed by atoms with Crippen LogP contribution >= 0.6 is 0 Å². The molecule has 1 saturated heterocycles. The van der Waals surface area contributed by atoms with E-state index in [9.17, 15) is 9.59 Å². The Bertz CT molecular complexity index is 577. The van der Waals surface area contributed by atoms with Gasteiger partial charge in [-0.05, 0) is 26.8 Å². The molecule has 2 amide bonds. The second-order valence-corrected chi connectivity index (χ2v) is 6.88. The van der Waals surface area contributed by atoms with E-state index in [0.717, 1.165) is 32.8 Å². The molecule has 2 rings (SSSR count). The molecule has 0 atom stereocenters. The fraction of sp³-hybridized carbons (Fsp3) is 0.588. The summed E-state index contributed by atoms with van der Waals surface area (Å²) < 4.78 is 5.29. The van der Waals surface area contributed by atoms with E-state index in [0.29, 0.717) is 17.7 Å². The van der Waals surface area contributed by atoms with E-state index >= 15 is 0 Å². The van der Waals surface area contributed by atoms with Crippen LogP contribution in [0.25, 0.3) is 0 Å². The number of hydrogen-bond acceptors (Lipinski definition) is 5. The van der Waals surface area contributed by atoms with Crippen LogP contribution in [-0.2, 0) is 4.74 Å². The van der Waals surface area contributed by atoms with Crippen molar-refractivity contribution in [2.45, 2.75) is 26.3 Å². The first kappa shape index (κ1) is 18.4. The number of pyridine rings is 1. The van der Waals surface area contributed by atoms with Crippen molar-refractivity contribution in [3.8, 4) is 0 Å². The molecule has 0 aromatic carbocycles. The zero-order valence-corrected chi connectivity index (χ0v) is 14.6. The summed E-state index contributed by atoms with van der Waals surface area (Å²) in [5.74, 6) is -0.459. The van der Waals surface area contributed by atoms with Gasteiger partial charge in [-0.3, -0.25) is 19.5 Å². The van der Waals surface area contributed by atoms with Crippen LogP contribution in [0, 0.1) is 0 Å². The minimum atomic E-state index is -0.340. The van der Waals surface area contributed by atoms with Crippen LogP contribution in [0.5, 0.6) is 0 Å². The first-order valence-electron chi connectivity index (χ1n) is 8.21. The first-order valence-corrected chi connectivity index (χ1v) is 8.21. The van der Waals surface area contributed by atoms with Gasteiger partial charge in [0.25, 0.3) is 11.8 Å². The molecule has 0 unspecified atom stereocenters. The number of morpholine rings is 1. The molecule has 24 heavy (non-hydrogen) atoms. The van der Waals surface area contributed by atoms with E-state index in [-0.39, 0.29) is 17.4 Å². The molecular formula is C17H26N4O3. The molecule has 2 heterocycles. The number of ether oxygens (including phenoxy) is 1. The molecule has 0 saturated carbocycles. The van der Waals surface area contributed by atoms with Gasteiger partial charge in [0.2, 0.25) is 0 Å². The van der Waals surface area contributed by atoms with Gasteiger partial charge in [-0.2, -0.15) is 0 Å². The third-order valence-corrected chi connectivity index (χ3v) is 3.57. The van der Waals surface area contributed by atoms with E-state index in [1.165, 1.54) is 12.4 Å². The van der Waals surface area contributed by atoms with Crippen molar-refractivity contribution >= 4 is 11.8 Å². The van der Waals surface area contributed by atoms with Gasteiger partial charge in [-0.15, -0.1) is 0 Å². The Balaban J connectivity index is 1.87. The number of nitrogens with zero attached hydrogens (tertiary/aromatic N) is 2. The van der Waals surface area contributed by atoms with Crippen molar-refractivity contribution in [2.75, 3.05) is 39.4 Å². The Morgan fingerprint density at radius 1 is 1.17 bits per heavy atom. The molecule has 1 aromatic heterocycles. The minimum Gasteiger partial charge on any atom is -0.379 e. The summed E-state index contributed by atoms with van der Waals surface area (Å²) in [5.41, 5.74) is 0.428. The van der Waals surface area contributed by atoms with Crippen molar-refractivity contribution in [1.82, 2.24) is 20.5 Å². The van der Waals surface area contributed by atoms with Crippen LogP contribution in [0.1, 0.15) is 41.5 Å². The number of rotatable bonds is 5. The molecular weight excluding hydrogens is 308 g/mol. The summed E-state index contributed by atoms with van der Waals surface area (Å²) >= 11 is 0. The fourth-order valence-corrected chi connectivity index (χ4v) is 2.36. The second kappa shape index (κ2) is 8.21. The van der Waals surface area contributed by atoms with Gasteiger partial charge in [-0.1, -0.05) is 0 Å². The Hall–Kier alpha value is -1.99. The van der Waals surface area contributed by atoms with Crippen LogP contribution in [0.2, 0.25) is 0 Å². The molecule has 1 aliphatic rings. The van der Waals surface area contributed by atoms with Gasteiger partial charge in [0.1, 0.15) is 0 Å². The van der Waals surface area contributed by atoms with Gasteiger partial charge in [0, 0.05) is 44.1 Å². The van der Waals surface area contributed by atoms with Crippen molar-refractivity contribution < 1.29 is 14.3 Å². The summed E-state index contributed by atoms with van der Waals surface area (Å²) in [6.45, 7) is 10.3. The number of nitrogens with one attached hydrogen (secondary N) is 2. The van der Waals surface area contributed by atoms with Crippen molar-refractivity contribution in [2.24, 2.45) is 0 Å². The maximum atomic E-state index is 12.2.